The summed E-state index contributed by atoms with van der Waals surface area (Å²) in [6.07, 6.45) is -4.66. The van der Waals surface area contributed by atoms with Crippen molar-refractivity contribution < 1.29 is 137 Å². The van der Waals surface area contributed by atoms with Crippen molar-refractivity contribution in [3.63, 3.8) is 0 Å². The third-order valence-electron chi connectivity index (χ3n) is 21.3. The number of H-pyrrole nitrogens is 1. The summed E-state index contributed by atoms with van der Waals surface area (Å²) in [5.74, 6) is -30.3. The Bertz CT molecular complexity index is 5210. The van der Waals surface area contributed by atoms with Crippen molar-refractivity contribution in [3.8, 4) is 5.75 Å². The molecule has 0 radical (unpaired) electrons. The number of amides is 1. The minimum Gasteiger partial charge on any atom is -0.508 e. The second-order valence-electron chi connectivity index (χ2n) is 32.2. The number of carbonyl (C=O) groups excluding carboxylic acids is 1. The molecule has 738 valence electrons. The van der Waals surface area contributed by atoms with E-state index in [4.69, 9.17) is 16.6 Å². The van der Waals surface area contributed by atoms with Crippen LogP contribution in [0.1, 0.15) is 97.1 Å². The minimum atomic E-state index is -2.96. The zero-order valence-corrected chi connectivity index (χ0v) is 76.2. The molecule has 1 fully saturated rings. The number of carbonyl (C=O) groups is 3. The van der Waals surface area contributed by atoms with Gasteiger partial charge in [0.25, 0.3) is 0 Å². The quantitative estimate of drug-likeness (QED) is 0.0574. The molecule has 1 saturated heterocycles. The molecular formula is C82H115N23O27S3. The number of aromatic nitrogens is 1. The number of aliphatic hydroxyl groups is 21. The van der Waals surface area contributed by atoms with Crippen LogP contribution in [0.25, 0.3) is 10.9 Å². The number of carboxylic acid groups (broad SMARTS) is 2. The van der Waals surface area contributed by atoms with Crippen LogP contribution in [0.3, 0.4) is 0 Å². The molecule has 53 heteroatoms. The average Bonchev–Trinajstić information content (AvgIpc) is 1.72. The Labute approximate surface area is 783 Å². The number of hydrogen-bond donors (Lipinski definition) is 29. The number of aromatic hydroxyl groups is 1. The molecule has 0 spiro atoms. The molecule has 3 aromatic rings. The van der Waals surface area contributed by atoms with Gasteiger partial charge in [0.1, 0.15) is 97.4 Å². The third-order valence-corrected chi connectivity index (χ3v) is 25.0. The zero-order chi connectivity index (χ0) is 99.4. The topological polar surface area (TPSA) is 852 Å². The van der Waals surface area contributed by atoms with Crippen LogP contribution in [0.5, 0.6) is 5.75 Å². The Morgan fingerprint density at radius 3 is 1.65 bits per heavy atom. The minimum absolute atomic E-state index is 0.00641. The number of rotatable bonds is 14. The molecule has 30 N–H and O–H groups in total. The number of thioether (sulfide) groups is 3. The first-order valence-corrected chi connectivity index (χ1v) is 45.8. The first-order valence-electron chi connectivity index (χ1n) is 42.5. The molecule has 0 saturated carbocycles. The molecule has 5 aliphatic rings. The van der Waals surface area contributed by atoms with Crippen molar-refractivity contribution in [1.82, 2.24) is 15.2 Å². The zero-order valence-electron chi connectivity index (χ0n) is 73.8. The number of aliphatic carboxylic acids is 2. The summed E-state index contributed by atoms with van der Waals surface area (Å²) in [5, 5.41) is 300. The van der Waals surface area contributed by atoms with Gasteiger partial charge in [-0.05, 0) is 87.2 Å². The summed E-state index contributed by atoms with van der Waals surface area (Å²) in [6, 6.07) is -20.7. The highest BCUT2D eigenvalue weighted by molar-refractivity contribution is 8.00. The first kappa shape index (κ1) is 107. The molecular weight excluding hydrogens is 1840 g/mol. The van der Waals surface area contributed by atoms with E-state index in [0.29, 0.717) is 45.6 Å². The SMILES string of the molecule is CC(C)CC1N=C(O)C2CCCN2C(=O)CN=C(O)C(Cc2ccc(O)cc2)N=C(O)C2CNCCCCC(C(=O)O)N=C(O)C3N=C(O)C(CC(=N)O)N=C(O)CN=C(O)C(C(O)C(=O)O)N=C(O)C4CSCC(N=C(O)C(CC(=N)O)N=C(O)C(C)N=C(O)C(N)CSC3C)C(O)=NC(CSC(C)C(N=C1O)C(O)=NC(Cc1c[nH]c3ccccc13)C(O)=NC(CO)C(O)=N4)C(O)=N2. The second kappa shape index (κ2) is 50.9. The van der Waals surface area contributed by atoms with Crippen LogP contribution < -0.4 is 11.1 Å². The van der Waals surface area contributed by atoms with E-state index in [1.807, 2.05) is 0 Å². The maximum Gasteiger partial charge on any atom is 0.335 e. The van der Waals surface area contributed by atoms with Crippen LogP contribution in [-0.4, -0.2) is 444 Å². The lowest BCUT2D eigenvalue weighted by molar-refractivity contribution is -0.147. The van der Waals surface area contributed by atoms with E-state index in [0.717, 1.165) is 18.7 Å². The second-order valence-corrected chi connectivity index (χ2v) is 36.1. The number of hydrogen-bond acceptors (Lipinski definition) is 30. The van der Waals surface area contributed by atoms with E-state index in [2.05, 4.69) is 95.2 Å². The number of nitrogens with two attached hydrogens (primary N) is 1. The van der Waals surface area contributed by atoms with Crippen LogP contribution >= 0.6 is 35.3 Å². The van der Waals surface area contributed by atoms with Crippen LogP contribution in [-0.2, 0) is 27.2 Å². The van der Waals surface area contributed by atoms with Gasteiger partial charge in [0.05, 0.1) is 25.5 Å². The molecule has 6 heterocycles. The number of phenolic OH excluding ortho intramolecular Hbond substituents is 1. The lowest BCUT2D eigenvalue weighted by Gasteiger charge is -2.25. The summed E-state index contributed by atoms with van der Waals surface area (Å²) in [5.41, 5.74) is 7.65. The third kappa shape index (κ3) is 31.8. The van der Waals surface area contributed by atoms with Crippen molar-refractivity contribution >= 4 is 176 Å². The number of carboxylic acids is 2. The van der Waals surface area contributed by atoms with Gasteiger partial charge < -0.3 is 143 Å². The van der Waals surface area contributed by atoms with Crippen molar-refractivity contribution in [2.45, 2.75) is 218 Å². The average molecular weight is 1950 g/mol. The van der Waals surface area contributed by atoms with Crippen LogP contribution in [0.4, 0.5) is 0 Å². The molecule has 2 aromatic carbocycles. The van der Waals surface area contributed by atoms with Crippen molar-refractivity contribution in [1.29, 1.82) is 10.8 Å². The molecule has 50 nitrogen and oxygen atoms in total. The Balaban J connectivity index is 1.55. The van der Waals surface area contributed by atoms with Gasteiger partial charge in [0, 0.05) is 76.5 Å². The first-order chi connectivity index (χ1) is 63.9. The molecule has 1 amide bonds. The maximum absolute atomic E-state index is 14.5. The number of nitrogens with one attached hydrogen (secondary N) is 4. The summed E-state index contributed by atoms with van der Waals surface area (Å²) in [6.45, 7) is 3.08. The van der Waals surface area contributed by atoms with Crippen molar-refractivity contribution in [2.24, 2.45) is 96.5 Å². The summed E-state index contributed by atoms with van der Waals surface area (Å²) >= 11 is 1.91. The van der Waals surface area contributed by atoms with E-state index < -0.39 is 330 Å². The van der Waals surface area contributed by atoms with Crippen LogP contribution in [0.15, 0.2) is 140 Å². The molecule has 135 heavy (non-hydrogen) atoms. The number of aromatic amines is 1. The highest BCUT2D eigenvalue weighted by atomic mass is 32.2. The predicted molar refractivity (Wildman–Crippen MR) is 515 cm³/mol. The number of aliphatic hydroxyl groups excluding tert-OH is 21. The summed E-state index contributed by atoms with van der Waals surface area (Å²) in [4.78, 5) is 117. The van der Waals surface area contributed by atoms with E-state index in [1.54, 1.807) is 38.1 Å². The van der Waals surface area contributed by atoms with Gasteiger partial charge in [-0.3, -0.25) is 15.6 Å². The normalized spacial score (nSPS) is 29.0. The number of nitrogens with zero attached hydrogens (tertiary/aromatic N) is 18. The summed E-state index contributed by atoms with van der Waals surface area (Å²) in [7, 11) is 0. The maximum atomic E-state index is 14.5. The van der Waals surface area contributed by atoms with Gasteiger partial charge >= 0.3 is 11.9 Å². The highest BCUT2D eigenvalue weighted by Gasteiger charge is 2.40. The Hall–Kier alpha value is -13.0. The summed E-state index contributed by atoms with van der Waals surface area (Å²) < 4.78 is 0. The van der Waals surface area contributed by atoms with Crippen LogP contribution in [0.2, 0.25) is 0 Å². The molecule has 20 atom stereocenters. The van der Waals surface area contributed by atoms with Crippen molar-refractivity contribution in [2.75, 3.05) is 62.3 Å². The fourth-order valence-corrected chi connectivity index (χ4v) is 17.1. The standard InChI is InChI=1S/C82H115N23O27S3/c1-35(2)21-46-70(118)102-62-38(5)135-34-55-75(123)97-51(72(120)94-47(22-39-15-17-41(107)18-16-39)67(115)89-29-60(111)105-20-10-14-56(105)77(125)95-46)27-86-19-9-8-13-45(81(129)130)92-79(127)61-37(4)134-31-43(83)66(114)90-36(3)65(113)93-50(25-58(85)109)69(117)99-53(74(122)101-55)32-133-33-54(76(124)104-63(64(112)82(131)132)78(126)88-28-59(110)91-49(24-57(84)108)71(119)103-61)100-73(121)52(30-106)98-68(116)48(96-80(62)128)23-40-26-87-44-12-7-6-11-42(40)44/h6-7,11-12,15-18,26,35-38,43,45-56,61-64,86-87,106-107,112H,8-10,13-14,19-25,27-34,83H2,1-5H3,(H2,84,108)(H2,85,109)(H,88,126)(H,89,115)(H,90,114)(H,91,110)(H,92,127)(H,93,113)(H,94,120)(H,95,125)(H,96,128)(H,97,123)(H,98,116)(H,99,117)(H,100,121)(H,101,122)(H,102,118)(H,103,119)(H,104,124)(H,129,130)(H,131,132). The fraction of sp³-hybridized carbons (Fsp3) is 0.561. The number of benzene rings is 2. The number of fused-ring (bicyclic) bond motifs is 18. The smallest absolute Gasteiger partial charge is 0.335 e. The lowest BCUT2D eigenvalue weighted by atomic mass is 10.0. The molecule has 20 unspecified atom stereocenters. The Morgan fingerprint density at radius 2 is 1.03 bits per heavy atom. The van der Waals surface area contributed by atoms with E-state index in [1.165, 1.54) is 49.2 Å². The number of phenols is 1. The predicted octanol–water partition coefficient (Wildman–Crippen LogP) is 5.00. The lowest BCUT2D eigenvalue weighted by Crippen LogP contribution is -2.43. The van der Waals surface area contributed by atoms with Crippen molar-refractivity contribution in [3.05, 3.63) is 65.9 Å². The van der Waals surface area contributed by atoms with Gasteiger partial charge in [-0.2, -0.15) is 35.3 Å². The fourth-order valence-electron chi connectivity index (χ4n) is 14.0. The van der Waals surface area contributed by atoms with Gasteiger partial charge in [0.2, 0.25) is 100 Å². The largest absolute Gasteiger partial charge is 0.508 e. The van der Waals surface area contributed by atoms with E-state index >= 15 is 0 Å². The highest BCUT2D eigenvalue weighted by Crippen LogP contribution is 2.30. The molecule has 0 aliphatic carbocycles. The molecule has 8 rings (SSSR count). The Kier molecular flexibility index (Phi) is 40.5. The molecule has 1 aromatic heterocycles. The van der Waals surface area contributed by atoms with Gasteiger partial charge in [-0.25, -0.2) is 94.5 Å². The monoisotopic (exact) mass is 1950 g/mol. The van der Waals surface area contributed by atoms with E-state index in [-0.39, 0.29) is 57.4 Å². The Morgan fingerprint density at radius 1 is 0.511 bits per heavy atom. The molecule has 5 aliphatic heterocycles. The van der Waals surface area contributed by atoms with Gasteiger partial charge in [-0.1, -0.05) is 58.0 Å². The molecule has 6 bridgehead atoms. The van der Waals surface area contributed by atoms with E-state index in [9.17, 15) is 137 Å². The van der Waals surface area contributed by atoms with Crippen LogP contribution in [0, 0.1) is 16.7 Å². The van der Waals surface area contributed by atoms with Gasteiger partial charge in [0.15, 0.2) is 41.9 Å². The van der Waals surface area contributed by atoms with Gasteiger partial charge in [-0.15, -0.1) is 0 Å². The number of para-hydroxylation sites is 1. The number of aliphatic imine (C=N–C) groups is 17.